The minimum Gasteiger partial charge on any atom is -0.352 e. The van der Waals surface area contributed by atoms with Crippen LogP contribution in [0, 0.1) is 0 Å². The number of nitrogens with one attached hydrogen (secondary N) is 1. The lowest BCUT2D eigenvalue weighted by Gasteiger charge is -2.19. The SMILES string of the molecule is CC(=O)CCCCCCCC(=O)NCc1ccc(C(C)(C)C)cc1. The van der Waals surface area contributed by atoms with E-state index in [0.717, 1.165) is 37.7 Å². The van der Waals surface area contributed by atoms with Gasteiger partial charge in [0, 0.05) is 19.4 Å². The van der Waals surface area contributed by atoms with Gasteiger partial charge in [-0.3, -0.25) is 4.79 Å². The fraction of sp³-hybridized carbons (Fsp3) is 0.619. The van der Waals surface area contributed by atoms with E-state index in [1.165, 1.54) is 5.56 Å². The lowest BCUT2D eigenvalue weighted by molar-refractivity contribution is -0.121. The molecule has 0 aliphatic rings. The van der Waals surface area contributed by atoms with Crippen LogP contribution in [0.4, 0.5) is 0 Å². The van der Waals surface area contributed by atoms with Gasteiger partial charge in [0.25, 0.3) is 0 Å². The average Bonchev–Trinajstić information content (AvgIpc) is 2.51. The molecule has 0 atom stereocenters. The Kier molecular flexibility index (Phi) is 8.73. The summed E-state index contributed by atoms with van der Waals surface area (Å²) >= 11 is 0. The monoisotopic (exact) mass is 331 g/mol. The molecule has 0 radical (unpaired) electrons. The highest BCUT2D eigenvalue weighted by molar-refractivity contribution is 5.76. The number of ketones is 1. The fourth-order valence-electron chi connectivity index (χ4n) is 2.60. The molecular weight excluding hydrogens is 298 g/mol. The van der Waals surface area contributed by atoms with Gasteiger partial charge < -0.3 is 10.1 Å². The van der Waals surface area contributed by atoms with Crippen molar-refractivity contribution in [3.05, 3.63) is 35.4 Å². The first-order valence-electron chi connectivity index (χ1n) is 9.14. The van der Waals surface area contributed by atoms with Crippen LogP contribution in [0.1, 0.15) is 83.8 Å². The number of carbonyl (C=O) groups excluding carboxylic acids is 2. The molecule has 1 aromatic carbocycles. The molecule has 0 heterocycles. The van der Waals surface area contributed by atoms with Crippen molar-refractivity contribution in [1.29, 1.82) is 0 Å². The summed E-state index contributed by atoms with van der Waals surface area (Å²) < 4.78 is 0. The molecule has 134 valence electrons. The number of carbonyl (C=O) groups is 2. The fourth-order valence-corrected chi connectivity index (χ4v) is 2.60. The molecule has 0 saturated carbocycles. The molecule has 0 unspecified atom stereocenters. The molecule has 1 aromatic rings. The molecule has 0 aromatic heterocycles. The number of hydrogen-bond acceptors (Lipinski definition) is 2. The summed E-state index contributed by atoms with van der Waals surface area (Å²) in [7, 11) is 0. The van der Waals surface area contributed by atoms with Crippen molar-refractivity contribution >= 4 is 11.7 Å². The second-order valence-corrected chi connectivity index (χ2v) is 7.69. The van der Waals surface area contributed by atoms with Gasteiger partial charge in [0.1, 0.15) is 5.78 Å². The van der Waals surface area contributed by atoms with E-state index in [4.69, 9.17) is 0 Å². The van der Waals surface area contributed by atoms with Crippen molar-refractivity contribution < 1.29 is 9.59 Å². The van der Waals surface area contributed by atoms with Gasteiger partial charge >= 0.3 is 0 Å². The zero-order chi connectivity index (χ0) is 18.0. The van der Waals surface area contributed by atoms with Gasteiger partial charge in [-0.05, 0) is 36.3 Å². The Morgan fingerprint density at radius 2 is 1.42 bits per heavy atom. The number of amides is 1. The Morgan fingerprint density at radius 1 is 0.875 bits per heavy atom. The molecule has 3 nitrogen and oxygen atoms in total. The maximum Gasteiger partial charge on any atom is 0.220 e. The normalized spacial score (nSPS) is 11.3. The third-order valence-corrected chi connectivity index (χ3v) is 4.24. The highest BCUT2D eigenvalue weighted by atomic mass is 16.1. The summed E-state index contributed by atoms with van der Waals surface area (Å²) in [6.45, 7) is 8.83. The second kappa shape index (κ2) is 10.3. The first-order chi connectivity index (χ1) is 11.3. The number of benzene rings is 1. The zero-order valence-electron chi connectivity index (χ0n) is 15.8. The van der Waals surface area contributed by atoms with Crippen LogP contribution in [0.5, 0.6) is 0 Å². The van der Waals surface area contributed by atoms with Gasteiger partial charge in [0.2, 0.25) is 5.91 Å². The maximum absolute atomic E-state index is 11.9. The van der Waals surface area contributed by atoms with Crippen LogP contribution in [0.15, 0.2) is 24.3 Å². The van der Waals surface area contributed by atoms with E-state index in [1.807, 2.05) is 0 Å². The molecular formula is C21H33NO2. The molecule has 3 heteroatoms. The van der Waals surface area contributed by atoms with E-state index in [1.54, 1.807) is 6.92 Å². The Labute approximate surface area is 147 Å². The van der Waals surface area contributed by atoms with Crippen molar-refractivity contribution in [2.24, 2.45) is 0 Å². The summed E-state index contributed by atoms with van der Waals surface area (Å²) in [6.07, 6.45) is 6.43. The van der Waals surface area contributed by atoms with Crippen LogP contribution in [0.2, 0.25) is 0 Å². The van der Waals surface area contributed by atoms with Gasteiger partial charge in [0.05, 0.1) is 0 Å². The maximum atomic E-state index is 11.9. The van der Waals surface area contributed by atoms with Crippen LogP contribution >= 0.6 is 0 Å². The molecule has 1 rings (SSSR count). The van der Waals surface area contributed by atoms with E-state index in [-0.39, 0.29) is 17.1 Å². The summed E-state index contributed by atoms with van der Waals surface area (Å²) in [5, 5.41) is 2.99. The minimum atomic E-state index is 0.124. The molecule has 0 aliphatic carbocycles. The summed E-state index contributed by atoms with van der Waals surface area (Å²) in [5.74, 6) is 0.392. The van der Waals surface area contributed by atoms with E-state index in [0.29, 0.717) is 19.4 Å². The first-order valence-corrected chi connectivity index (χ1v) is 9.14. The smallest absolute Gasteiger partial charge is 0.220 e. The van der Waals surface area contributed by atoms with Crippen LogP contribution in [-0.4, -0.2) is 11.7 Å². The highest BCUT2D eigenvalue weighted by Gasteiger charge is 2.12. The van der Waals surface area contributed by atoms with E-state index < -0.39 is 0 Å². The predicted octanol–water partition coefficient (Wildman–Crippen LogP) is 4.92. The van der Waals surface area contributed by atoms with Gasteiger partial charge in [0.15, 0.2) is 0 Å². The van der Waals surface area contributed by atoms with Crippen LogP contribution in [0.25, 0.3) is 0 Å². The van der Waals surface area contributed by atoms with Gasteiger partial charge in [-0.15, -0.1) is 0 Å². The molecule has 1 N–H and O–H groups in total. The van der Waals surface area contributed by atoms with Crippen molar-refractivity contribution in [1.82, 2.24) is 5.32 Å². The summed E-state index contributed by atoms with van der Waals surface area (Å²) in [6, 6.07) is 8.47. The quantitative estimate of drug-likeness (QED) is 0.619. The Balaban J connectivity index is 2.14. The number of Topliss-reactive ketones (excluding diaryl/α,β-unsaturated/α-hetero) is 1. The molecule has 24 heavy (non-hydrogen) atoms. The van der Waals surface area contributed by atoms with Crippen molar-refractivity contribution in [2.75, 3.05) is 0 Å². The Hall–Kier alpha value is -1.64. The Bertz CT molecular complexity index is 512. The van der Waals surface area contributed by atoms with Crippen LogP contribution in [-0.2, 0) is 21.5 Å². The van der Waals surface area contributed by atoms with Crippen molar-refractivity contribution in [3.63, 3.8) is 0 Å². The predicted molar refractivity (Wildman–Crippen MR) is 100.0 cm³/mol. The lowest BCUT2D eigenvalue weighted by atomic mass is 9.87. The van der Waals surface area contributed by atoms with Crippen molar-refractivity contribution in [3.8, 4) is 0 Å². The van der Waals surface area contributed by atoms with E-state index in [2.05, 4.69) is 50.4 Å². The van der Waals surface area contributed by atoms with Gasteiger partial charge in [-0.1, -0.05) is 64.3 Å². The molecule has 0 aliphatic heterocycles. The molecule has 0 saturated heterocycles. The minimum absolute atomic E-state index is 0.124. The van der Waals surface area contributed by atoms with E-state index >= 15 is 0 Å². The molecule has 0 fully saturated rings. The number of hydrogen-bond donors (Lipinski definition) is 1. The Morgan fingerprint density at radius 3 is 1.96 bits per heavy atom. The summed E-state index contributed by atoms with van der Waals surface area (Å²) in [4.78, 5) is 22.7. The standard InChI is InChI=1S/C21H33NO2/c1-17(23)10-8-6-5-7-9-11-20(24)22-16-18-12-14-19(15-13-18)21(2,3)4/h12-15H,5-11,16H2,1-4H3,(H,22,24). The zero-order valence-corrected chi connectivity index (χ0v) is 15.8. The number of rotatable bonds is 10. The van der Waals surface area contributed by atoms with Crippen LogP contribution < -0.4 is 5.32 Å². The third-order valence-electron chi connectivity index (χ3n) is 4.24. The molecule has 1 amide bonds. The molecule has 0 spiro atoms. The second-order valence-electron chi connectivity index (χ2n) is 7.69. The highest BCUT2D eigenvalue weighted by Crippen LogP contribution is 2.22. The van der Waals surface area contributed by atoms with Crippen molar-refractivity contribution in [2.45, 2.75) is 84.6 Å². The largest absolute Gasteiger partial charge is 0.352 e. The first kappa shape index (κ1) is 20.4. The van der Waals surface area contributed by atoms with Gasteiger partial charge in [-0.25, -0.2) is 0 Å². The van der Waals surface area contributed by atoms with E-state index in [9.17, 15) is 9.59 Å². The number of unbranched alkanes of at least 4 members (excludes halogenated alkanes) is 4. The average molecular weight is 332 g/mol. The lowest BCUT2D eigenvalue weighted by Crippen LogP contribution is -2.22. The van der Waals surface area contributed by atoms with Gasteiger partial charge in [-0.2, -0.15) is 0 Å². The molecule has 0 bridgehead atoms. The topological polar surface area (TPSA) is 46.2 Å². The third kappa shape index (κ3) is 8.85. The van der Waals surface area contributed by atoms with Crippen LogP contribution in [0.3, 0.4) is 0 Å². The summed E-state index contributed by atoms with van der Waals surface area (Å²) in [5.41, 5.74) is 2.61.